The molecule has 0 aliphatic carbocycles. The molecule has 4 N–H and O–H groups in total. The van der Waals surface area contributed by atoms with E-state index in [0.717, 1.165) is 16.1 Å². The Morgan fingerprint density at radius 1 is 1.15 bits per heavy atom. The van der Waals surface area contributed by atoms with E-state index in [2.05, 4.69) is 21.0 Å². The highest BCUT2D eigenvalue weighted by molar-refractivity contribution is 7.98. The van der Waals surface area contributed by atoms with Gasteiger partial charge in [-0.05, 0) is 30.7 Å². The second kappa shape index (κ2) is 5.96. The quantitative estimate of drug-likeness (QED) is 0.653. The maximum absolute atomic E-state index is 5.80. The lowest BCUT2D eigenvalue weighted by Gasteiger charge is -2.11. The van der Waals surface area contributed by atoms with Gasteiger partial charge in [-0.1, -0.05) is 0 Å². The monoisotopic (exact) mass is 290 g/mol. The van der Waals surface area contributed by atoms with E-state index < -0.39 is 0 Å². The molecular formula is C13H18N6S. The number of benzene rings is 1. The van der Waals surface area contributed by atoms with Crippen LogP contribution in [0.2, 0.25) is 0 Å². The normalized spacial score (nSPS) is 10.6. The average Bonchev–Trinajstić information content (AvgIpc) is 2.39. The Balaban J connectivity index is 2.12. The molecule has 2 rings (SSSR count). The van der Waals surface area contributed by atoms with Crippen LogP contribution in [-0.4, -0.2) is 29.0 Å². The minimum atomic E-state index is 0.243. The Kier molecular flexibility index (Phi) is 4.29. The molecule has 20 heavy (non-hydrogen) atoms. The fraction of sp³-hybridized carbons (Fsp3) is 0.308. The lowest BCUT2D eigenvalue weighted by atomic mass is 10.2. The average molecular weight is 290 g/mol. The first-order valence-electron chi connectivity index (χ1n) is 6.12. The van der Waals surface area contributed by atoms with Gasteiger partial charge in [0.15, 0.2) is 0 Å². The highest BCUT2D eigenvalue weighted by Crippen LogP contribution is 2.25. The second-order valence-corrected chi connectivity index (χ2v) is 5.66. The van der Waals surface area contributed by atoms with Crippen molar-refractivity contribution in [1.29, 1.82) is 0 Å². The van der Waals surface area contributed by atoms with E-state index in [1.54, 1.807) is 16.7 Å². The largest absolute Gasteiger partial charge is 0.399 e. The standard InChI is InChI=1S/C13H18N6S/c1-8-6-9(4-5-10(8)14)20-7-11-16-12(15)18-13(17-11)19(2)3/h4-6H,7,14H2,1-3H3,(H2,15,16,17,18). The first kappa shape index (κ1) is 14.4. The SMILES string of the molecule is Cc1cc(SCc2nc(N)nc(N(C)C)n2)ccc1N. The molecule has 0 atom stereocenters. The van der Waals surface area contributed by atoms with Gasteiger partial charge in [-0.15, -0.1) is 11.8 Å². The summed E-state index contributed by atoms with van der Waals surface area (Å²) in [5, 5.41) is 0. The van der Waals surface area contributed by atoms with Crippen molar-refractivity contribution < 1.29 is 0 Å². The van der Waals surface area contributed by atoms with Crippen LogP contribution < -0.4 is 16.4 Å². The molecule has 0 radical (unpaired) electrons. The van der Waals surface area contributed by atoms with Crippen molar-refractivity contribution in [3.05, 3.63) is 29.6 Å². The predicted octanol–water partition coefficient (Wildman–Crippen LogP) is 1.70. The summed E-state index contributed by atoms with van der Waals surface area (Å²) >= 11 is 1.64. The van der Waals surface area contributed by atoms with Crippen LogP contribution in [0.5, 0.6) is 0 Å². The maximum atomic E-state index is 5.80. The van der Waals surface area contributed by atoms with Crippen LogP contribution in [0.1, 0.15) is 11.4 Å². The number of aryl methyl sites for hydroxylation is 1. The van der Waals surface area contributed by atoms with Crippen LogP contribution in [-0.2, 0) is 5.75 Å². The van der Waals surface area contributed by atoms with Crippen molar-refractivity contribution in [1.82, 2.24) is 15.0 Å². The smallest absolute Gasteiger partial charge is 0.229 e. The van der Waals surface area contributed by atoms with Crippen molar-refractivity contribution in [3.63, 3.8) is 0 Å². The van der Waals surface area contributed by atoms with Crippen molar-refractivity contribution in [2.45, 2.75) is 17.6 Å². The van der Waals surface area contributed by atoms with E-state index in [0.29, 0.717) is 17.5 Å². The summed E-state index contributed by atoms with van der Waals surface area (Å²) in [6.45, 7) is 1.99. The number of aromatic nitrogens is 3. The Labute approximate surface area is 122 Å². The van der Waals surface area contributed by atoms with E-state index in [1.807, 2.05) is 33.2 Å². The summed E-state index contributed by atoms with van der Waals surface area (Å²) in [4.78, 5) is 15.5. The van der Waals surface area contributed by atoms with Gasteiger partial charge in [-0.2, -0.15) is 15.0 Å². The molecule has 0 saturated carbocycles. The van der Waals surface area contributed by atoms with Crippen LogP contribution in [0.25, 0.3) is 0 Å². The molecule has 6 nitrogen and oxygen atoms in total. The fourth-order valence-electron chi connectivity index (χ4n) is 1.58. The molecule has 0 saturated heterocycles. The molecule has 0 unspecified atom stereocenters. The van der Waals surface area contributed by atoms with Crippen molar-refractivity contribution in [2.24, 2.45) is 0 Å². The molecule has 0 spiro atoms. The molecule has 2 aromatic rings. The van der Waals surface area contributed by atoms with Crippen molar-refractivity contribution >= 4 is 29.3 Å². The number of rotatable bonds is 4. The number of nitrogens with two attached hydrogens (primary N) is 2. The molecule has 0 amide bonds. The van der Waals surface area contributed by atoms with E-state index in [1.165, 1.54) is 0 Å². The summed E-state index contributed by atoms with van der Waals surface area (Å²) in [6.07, 6.45) is 0. The first-order chi connectivity index (χ1) is 9.45. The van der Waals surface area contributed by atoms with Crippen LogP contribution in [0, 0.1) is 6.92 Å². The van der Waals surface area contributed by atoms with E-state index >= 15 is 0 Å². The molecule has 1 heterocycles. The van der Waals surface area contributed by atoms with Crippen LogP contribution >= 0.6 is 11.8 Å². The Morgan fingerprint density at radius 2 is 1.90 bits per heavy atom. The van der Waals surface area contributed by atoms with Crippen molar-refractivity contribution in [2.75, 3.05) is 30.5 Å². The third kappa shape index (κ3) is 3.51. The summed E-state index contributed by atoms with van der Waals surface area (Å²) < 4.78 is 0. The number of nitrogens with zero attached hydrogens (tertiary/aromatic N) is 4. The van der Waals surface area contributed by atoms with Gasteiger partial charge < -0.3 is 16.4 Å². The molecule has 1 aromatic carbocycles. The number of nitrogen functional groups attached to an aromatic ring is 2. The number of hydrogen-bond donors (Lipinski definition) is 2. The van der Waals surface area contributed by atoms with Gasteiger partial charge in [0.05, 0.1) is 5.75 Å². The molecule has 1 aromatic heterocycles. The maximum Gasteiger partial charge on any atom is 0.229 e. The minimum absolute atomic E-state index is 0.243. The Morgan fingerprint density at radius 3 is 2.55 bits per heavy atom. The first-order valence-corrected chi connectivity index (χ1v) is 7.11. The Bertz CT molecular complexity index is 614. The Hall–Kier alpha value is -2.02. The fourth-order valence-corrected chi connectivity index (χ4v) is 2.42. The lowest BCUT2D eigenvalue weighted by Crippen LogP contribution is -2.15. The topological polar surface area (TPSA) is 94.0 Å². The zero-order valence-electron chi connectivity index (χ0n) is 11.8. The van der Waals surface area contributed by atoms with Gasteiger partial charge in [-0.3, -0.25) is 0 Å². The number of thioether (sulfide) groups is 1. The summed E-state index contributed by atoms with van der Waals surface area (Å²) in [5.41, 5.74) is 13.4. The second-order valence-electron chi connectivity index (χ2n) is 4.61. The molecule has 106 valence electrons. The van der Waals surface area contributed by atoms with E-state index in [-0.39, 0.29) is 5.95 Å². The molecule has 7 heteroatoms. The molecule has 0 fully saturated rings. The van der Waals surface area contributed by atoms with Gasteiger partial charge in [0, 0.05) is 24.7 Å². The summed E-state index contributed by atoms with van der Waals surface area (Å²) in [5.74, 6) is 2.12. The van der Waals surface area contributed by atoms with Gasteiger partial charge in [0.1, 0.15) is 5.82 Å². The summed E-state index contributed by atoms with van der Waals surface area (Å²) in [6, 6.07) is 5.95. The van der Waals surface area contributed by atoms with Crippen LogP contribution in [0.3, 0.4) is 0 Å². The lowest BCUT2D eigenvalue weighted by molar-refractivity contribution is 0.919. The zero-order valence-corrected chi connectivity index (χ0v) is 12.6. The molecule has 0 aliphatic rings. The molecule has 0 aliphatic heterocycles. The van der Waals surface area contributed by atoms with Gasteiger partial charge in [0.2, 0.25) is 11.9 Å². The van der Waals surface area contributed by atoms with Gasteiger partial charge >= 0.3 is 0 Å². The van der Waals surface area contributed by atoms with Crippen LogP contribution in [0.15, 0.2) is 23.1 Å². The van der Waals surface area contributed by atoms with Crippen molar-refractivity contribution in [3.8, 4) is 0 Å². The van der Waals surface area contributed by atoms with Gasteiger partial charge in [0.25, 0.3) is 0 Å². The number of hydrogen-bond acceptors (Lipinski definition) is 7. The predicted molar refractivity (Wildman–Crippen MR) is 83.7 cm³/mol. The highest BCUT2D eigenvalue weighted by Gasteiger charge is 2.07. The minimum Gasteiger partial charge on any atom is -0.399 e. The highest BCUT2D eigenvalue weighted by atomic mass is 32.2. The summed E-state index contributed by atoms with van der Waals surface area (Å²) in [7, 11) is 3.74. The third-order valence-corrected chi connectivity index (χ3v) is 3.69. The molecule has 0 bridgehead atoms. The van der Waals surface area contributed by atoms with Crippen LogP contribution in [0.4, 0.5) is 17.6 Å². The molecular weight excluding hydrogens is 272 g/mol. The zero-order chi connectivity index (χ0) is 14.7. The van der Waals surface area contributed by atoms with E-state index in [4.69, 9.17) is 11.5 Å². The van der Waals surface area contributed by atoms with E-state index in [9.17, 15) is 0 Å². The number of anilines is 3. The third-order valence-electron chi connectivity index (χ3n) is 2.70. The van der Waals surface area contributed by atoms with Gasteiger partial charge in [-0.25, -0.2) is 0 Å².